The van der Waals surface area contributed by atoms with Crippen molar-refractivity contribution >= 4 is 23.5 Å². The van der Waals surface area contributed by atoms with Gasteiger partial charge >= 0.3 is 0 Å². The van der Waals surface area contributed by atoms with Crippen LogP contribution in [0.1, 0.15) is 19.3 Å². The van der Waals surface area contributed by atoms with Crippen molar-refractivity contribution in [2.75, 3.05) is 6.79 Å². The highest BCUT2D eigenvalue weighted by Crippen LogP contribution is 2.56. The van der Waals surface area contributed by atoms with Gasteiger partial charge in [0.25, 0.3) is 5.78 Å². The van der Waals surface area contributed by atoms with E-state index in [9.17, 15) is 18.4 Å². The second-order valence-electron chi connectivity index (χ2n) is 6.98. The molecule has 0 amide bonds. The third-order valence-corrected chi connectivity index (χ3v) is 6.68. The van der Waals surface area contributed by atoms with Crippen LogP contribution >= 0.6 is 11.9 Å². The van der Waals surface area contributed by atoms with Crippen LogP contribution in [0.5, 0.6) is 0 Å². The molecule has 10 heteroatoms. The highest BCUT2D eigenvalue weighted by Gasteiger charge is 2.55. The number of halogens is 2. The van der Waals surface area contributed by atoms with E-state index in [4.69, 9.17) is 14.3 Å². The molecule has 7 nitrogen and oxygen atoms in total. The molecule has 0 spiro atoms. The van der Waals surface area contributed by atoms with Gasteiger partial charge in [-0.05, 0) is 18.9 Å². The van der Waals surface area contributed by atoms with Crippen LogP contribution in [-0.2, 0) is 23.9 Å². The van der Waals surface area contributed by atoms with Crippen LogP contribution in [0.15, 0.2) is 45.5 Å². The zero-order valence-electron chi connectivity index (χ0n) is 13.7. The van der Waals surface area contributed by atoms with Gasteiger partial charge in [0.2, 0.25) is 5.78 Å². The first-order valence-corrected chi connectivity index (χ1v) is 9.32. The quantitative estimate of drug-likeness (QED) is 0.458. The molecule has 1 saturated heterocycles. The molecule has 6 rings (SSSR count). The van der Waals surface area contributed by atoms with Crippen LogP contribution in [0.4, 0.5) is 8.78 Å². The minimum Gasteiger partial charge on any atom is -0.450 e. The van der Waals surface area contributed by atoms with E-state index < -0.39 is 35.5 Å². The van der Waals surface area contributed by atoms with Gasteiger partial charge in [-0.2, -0.15) is 4.39 Å². The summed E-state index contributed by atoms with van der Waals surface area (Å²) in [5, 5.41) is 0.764. The number of carbonyl (C=O) groups is 2. The van der Waals surface area contributed by atoms with E-state index in [0.29, 0.717) is 18.5 Å². The van der Waals surface area contributed by atoms with Gasteiger partial charge in [0.1, 0.15) is 6.04 Å². The summed E-state index contributed by atoms with van der Waals surface area (Å²) in [6.45, 7) is 0.122. The Labute approximate surface area is 156 Å². The number of nitrogens with zero attached hydrogens (tertiary/aromatic N) is 2. The second-order valence-corrected chi connectivity index (χ2v) is 7.91. The zero-order chi connectivity index (χ0) is 18.4. The van der Waals surface area contributed by atoms with Crippen LogP contribution in [0.3, 0.4) is 0 Å². The van der Waals surface area contributed by atoms with Gasteiger partial charge in [0.15, 0.2) is 36.2 Å². The summed E-state index contributed by atoms with van der Waals surface area (Å²) >= 11 is 1.30. The molecule has 0 aromatic heterocycles. The van der Waals surface area contributed by atoms with Crippen molar-refractivity contribution in [3.63, 3.8) is 0 Å². The molecule has 0 N–H and O–H groups in total. The van der Waals surface area contributed by atoms with Crippen molar-refractivity contribution in [2.24, 2.45) is 5.92 Å². The number of ether oxygens (including phenoxy) is 2. The van der Waals surface area contributed by atoms with Gasteiger partial charge in [-0.1, -0.05) is 4.47 Å². The topological polar surface area (TPSA) is 68.3 Å². The molecular weight excluding hydrogens is 382 g/mol. The summed E-state index contributed by atoms with van der Waals surface area (Å²) in [5.41, 5.74) is 1.42. The number of rotatable bonds is 0. The fraction of sp³-hybridized carbons (Fsp3) is 0.412. The summed E-state index contributed by atoms with van der Waals surface area (Å²) in [6, 6.07) is -0.601. The molecule has 3 atom stereocenters. The van der Waals surface area contributed by atoms with E-state index in [2.05, 4.69) is 0 Å². The van der Waals surface area contributed by atoms with Crippen LogP contribution in [-0.4, -0.2) is 40.0 Å². The summed E-state index contributed by atoms with van der Waals surface area (Å²) in [4.78, 5) is 31.5. The molecule has 4 heterocycles. The van der Waals surface area contributed by atoms with Crippen molar-refractivity contribution in [1.82, 2.24) is 9.37 Å². The maximum Gasteiger partial charge on any atom is 0.265 e. The Kier molecular flexibility index (Phi) is 3.13. The second kappa shape index (κ2) is 5.28. The third kappa shape index (κ3) is 1.96. The third-order valence-electron chi connectivity index (χ3n) is 5.57. The van der Waals surface area contributed by atoms with E-state index in [1.165, 1.54) is 18.0 Å². The number of fused-ring (bicyclic) bond motifs is 4. The van der Waals surface area contributed by atoms with Crippen molar-refractivity contribution in [3.05, 3.63) is 45.5 Å². The average Bonchev–Trinajstić information content (AvgIpc) is 3.24. The predicted molar refractivity (Wildman–Crippen MR) is 85.7 cm³/mol. The normalized spacial score (nSPS) is 35.1. The van der Waals surface area contributed by atoms with E-state index in [1.54, 1.807) is 4.47 Å². The van der Waals surface area contributed by atoms with Crippen LogP contribution < -0.4 is 0 Å². The summed E-state index contributed by atoms with van der Waals surface area (Å²) in [5.74, 6) is -4.37. The molecule has 0 saturated carbocycles. The number of carbonyl (C=O) groups excluding carboxylic acids is 2. The van der Waals surface area contributed by atoms with E-state index in [1.807, 2.05) is 4.90 Å². The molecule has 0 aromatic rings. The Morgan fingerprint density at radius 1 is 1.22 bits per heavy atom. The smallest absolute Gasteiger partial charge is 0.265 e. The Hall–Kier alpha value is -2.01. The highest BCUT2D eigenvalue weighted by molar-refractivity contribution is 8.00. The van der Waals surface area contributed by atoms with E-state index in [-0.39, 0.29) is 30.6 Å². The van der Waals surface area contributed by atoms with E-state index in [0.717, 1.165) is 10.6 Å². The van der Waals surface area contributed by atoms with Gasteiger partial charge in [-0.3, -0.25) is 14.4 Å². The molecule has 0 radical (unpaired) electrons. The fourth-order valence-corrected chi connectivity index (χ4v) is 5.59. The lowest BCUT2D eigenvalue weighted by atomic mass is 9.80. The maximum absolute atomic E-state index is 14.6. The first kappa shape index (κ1) is 16.0. The highest BCUT2D eigenvalue weighted by atomic mass is 32.2. The van der Waals surface area contributed by atoms with Gasteiger partial charge in [-0.25, -0.2) is 4.39 Å². The van der Waals surface area contributed by atoms with Crippen LogP contribution in [0, 0.1) is 5.92 Å². The summed E-state index contributed by atoms with van der Waals surface area (Å²) in [6.07, 6.45) is 1.67. The zero-order valence-corrected chi connectivity index (χ0v) is 14.6. The lowest BCUT2D eigenvalue weighted by Crippen LogP contribution is -2.50. The number of hydrogen-bond donors (Lipinski definition) is 0. The summed E-state index contributed by atoms with van der Waals surface area (Å²) in [7, 11) is 0. The number of hydroxylamine groups is 1. The van der Waals surface area contributed by atoms with E-state index >= 15 is 0 Å². The number of hydrogen-bond acceptors (Lipinski definition) is 8. The van der Waals surface area contributed by atoms with Crippen molar-refractivity contribution < 1.29 is 32.7 Å². The molecule has 27 heavy (non-hydrogen) atoms. The van der Waals surface area contributed by atoms with Gasteiger partial charge < -0.3 is 14.4 Å². The molecule has 2 unspecified atom stereocenters. The molecule has 2 aliphatic carbocycles. The monoisotopic (exact) mass is 394 g/mol. The molecule has 6 aliphatic rings. The largest absolute Gasteiger partial charge is 0.450 e. The molecule has 1 fully saturated rings. The number of allylic oxidation sites excluding steroid dienone is 4. The lowest BCUT2D eigenvalue weighted by Gasteiger charge is -2.48. The SMILES string of the molecule is O=C1CCC2=C(OC3=C(F)C(F)=CC4CC5=C(SN6OCO[C@H]56)N2C34)C1=O. The van der Waals surface area contributed by atoms with Gasteiger partial charge in [0, 0.05) is 29.9 Å². The van der Waals surface area contributed by atoms with Crippen molar-refractivity contribution in [1.29, 1.82) is 0 Å². The molecule has 140 valence electrons. The average molecular weight is 394 g/mol. The van der Waals surface area contributed by atoms with Crippen molar-refractivity contribution in [2.45, 2.75) is 31.5 Å². The first-order valence-electron chi connectivity index (χ1n) is 8.54. The predicted octanol–water partition coefficient (Wildman–Crippen LogP) is 2.32. The van der Waals surface area contributed by atoms with Crippen LogP contribution in [0.2, 0.25) is 0 Å². The Morgan fingerprint density at radius 3 is 2.93 bits per heavy atom. The van der Waals surface area contributed by atoms with Crippen molar-refractivity contribution in [3.8, 4) is 0 Å². The Bertz CT molecular complexity index is 955. The Balaban J connectivity index is 1.58. The van der Waals surface area contributed by atoms with Gasteiger partial charge in [-0.15, -0.1) is 0 Å². The molecule has 0 bridgehead atoms. The molecular formula is C17H12F2N2O5S. The minimum atomic E-state index is -1.13. The molecule has 0 aromatic carbocycles. The first-order chi connectivity index (χ1) is 13.0. The molecule has 4 aliphatic heterocycles. The summed E-state index contributed by atoms with van der Waals surface area (Å²) < 4.78 is 41.5. The van der Waals surface area contributed by atoms with Gasteiger partial charge in [0.05, 0.1) is 10.7 Å². The minimum absolute atomic E-state index is 0.0636. The Morgan fingerprint density at radius 2 is 2.07 bits per heavy atom. The maximum atomic E-state index is 14.6. The number of ketones is 2. The van der Waals surface area contributed by atoms with Crippen LogP contribution in [0.25, 0.3) is 0 Å². The number of Topliss-reactive ketones (excluding diaryl/α,β-unsaturated/α-hetero) is 2. The standard InChI is InChI=1S/C17H12F2N2O5S/c18-8-4-6-3-7-16-21(25-5-24-16)27-17(7)20-9-1-2-10(22)13(23)14(9)26-15(11(8)19)12(6)20/h4,6,12,16H,1-3,5H2/t6?,12?,16-/m1/s1. The lowest BCUT2D eigenvalue weighted by molar-refractivity contribution is -0.137. The fourth-order valence-electron chi connectivity index (χ4n) is 4.42.